The van der Waals surface area contributed by atoms with Crippen molar-refractivity contribution in [1.82, 2.24) is 10.2 Å². The number of aliphatic carboxylic acids is 1. The fourth-order valence-corrected chi connectivity index (χ4v) is 5.36. The molecule has 0 bridgehead atoms. The molecular formula is C35H42N4O5. The van der Waals surface area contributed by atoms with Crippen LogP contribution < -0.4 is 10.6 Å². The molecule has 0 spiro atoms. The van der Waals surface area contributed by atoms with Gasteiger partial charge in [-0.3, -0.25) is 14.7 Å². The number of carbonyl (C=O) groups excluding carboxylic acids is 2. The van der Waals surface area contributed by atoms with E-state index < -0.39 is 29.7 Å². The van der Waals surface area contributed by atoms with Crippen molar-refractivity contribution in [3.05, 3.63) is 102 Å². The largest absolute Gasteiger partial charge is 0.480 e. The molecule has 0 radical (unpaired) electrons. The summed E-state index contributed by atoms with van der Waals surface area (Å²) in [7, 11) is 0. The van der Waals surface area contributed by atoms with Crippen LogP contribution in [0.4, 0.5) is 10.5 Å². The molecule has 1 aliphatic rings. The third-order valence-corrected chi connectivity index (χ3v) is 7.43. The van der Waals surface area contributed by atoms with Crippen LogP contribution in [-0.2, 0) is 20.9 Å². The van der Waals surface area contributed by atoms with Crippen LogP contribution in [-0.4, -0.2) is 64.0 Å². The number of nitrogens with one attached hydrogen (secondary N) is 2. The van der Waals surface area contributed by atoms with Gasteiger partial charge in [0, 0.05) is 17.7 Å². The molecule has 0 saturated carbocycles. The number of amides is 2. The van der Waals surface area contributed by atoms with Crippen molar-refractivity contribution in [2.45, 2.75) is 77.2 Å². The number of likely N-dealkylation sites (tertiary alicyclic amines) is 1. The molecule has 0 unspecified atom stereocenters. The number of benzene rings is 3. The summed E-state index contributed by atoms with van der Waals surface area (Å²) in [6.07, 6.45) is 1.26. The second-order valence-corrected chi connectivity index (χ2v) is 11.9. The minimum atomic E-state index is -1.32. The number of nitrogens with zero attached hydrogens (tertiary/aromatic N) is 2. The Kier molecular flexibility index (Phi) is 10.9. The molecule has 1 saturated heterocycles. The van der Waals surface area contributed by atoms with Gasteiger partial charge in [0.15, 0.2) is 6.04 Å². The molecule has 0 aliphatic carbocycles. The topological polar surface area (TPSA) is 120 Å². The number of rotatable bonds is 11. The summed E-state index contributed by atoms with van der Waals surface area (Å²) in [5.74, 6) is -1.31. The minimum Gasteiger partial charge on any atom is -0.480 e. The number of carboxylic acid groups (broad SMARTS) is 1. The van der Waals surface area contributed by atoms with Crippen LogP contribution in [0.5, 0.6) is 0 Å². The first-order chi connectivity index (χ1) is 21.1. The van der Waals surface area contributed by atoms with Gasteiger partial charge in [-0.1, -0.05) is 85.8 Å². The maximum absolute atomic E-state index is 13.7. The molecule has 3 aromatic rings. The van der Waals surface area contributed by atoms with Crippen molar-refractivity contribution < 1.29 is 24.2 Å². The zero-order chi connectivity index (χ0) is 31.7. The van der Waals surface area contributed by atoms with E-state index in [2.05, 4.69) is 27.7 Å². The zero-order valence-corrected chi connectivity index (χ0v) is 25.8. The Bertz CT molecular complexity index is 1450. The fourth-order valence-electron chi connectivity index (χ4n) is 5.36. The first-order valence-corrected chi connectivity index (χ1v) is 15.1. The molecular weight excluding hydrogens is 556 g/mol. The van der Waals surface area contributed by atoms with Gasteiger partial charge < -0.3 is 20.5 Å². The molecule has 3 aromatic carbocycles. The first kappa shape index (κ1) is 32.4. The number of alkyl carbamates (subject to hydrolysis) is 1. The van der Waals surface area contributed by atoms with Gasteiger partial charge in [-0.2, -0.15) is 0 Å². The maximum Gasteiger partial charge on any atom is 0.407 e. The van der Waals surface area contributed by atoms with Crippen LogP contribution in [0.3, 0.4) is 0 Å². The van der Waals surface area contributed by atoms with Crippen molar-refractivity contribution in [3.8, 4) is 0 Å². The van der Waals surface area contributed by atoms with E-state index in [1.165, 1.54) is 0 Å². The lowest BCUT2D eigenvalue weighted by molar-refractivity contribution is -0.139. The summed E-state index contributed by atoms with van der Waals surface area (Å²) in [5.41, 5.74) is 2.59. The predicted molar refractivity (Wildman–Crippen MR) is 172 cm³/mol. The third kappa shape index (κ3) is 8.76. The SMILES string of the molecule is CC[C@H](NC(=O)OC(C)(C)C)[C@@H](N=C(c1ccccc1)c1ccccc1NC(=O)[C@H]1CCCN1Cc1ccccc1)C(=O)O. The number of carboxylic acids is 1. The van der Waals surface area contributed by atoms with Gasteiger partial charge in [0.05, 0.1) is 23.5 Å². The van der Waals surface area contributed by atoms with Crippen LogP contribution in [0.25, 0.3) is 0 Å². The summed E-state index contributed by atoms with van der Waals surface area (Å²) in [5, 5.41) is 16.1. The van der Waals surface area contributed by atoms with Gasteiger partial charge in [0.2, 0.25) is 5.91 Å². The molecule has 1 aliphatic heterocycles. The highest BCUT2D eigenvalue weighted by molar-refractivity contribution is 6.17. The van der Waals surface area contributed by atoms with Crippen LogP contribution in [0.1, 0.15) is 63.6 Å². The number of hydrogen-bond acceptors (Lipinski definition) is 6. The average molecular weight is 599 g/mol. The monoisotopic (exact) mass is 598 g/mol. The molecule has 9 heteroatoms. The minimum absolute atomic E-state index is 0.119. The number of ether oxygens (including phenoxy) is 1. The molecule has 4 rings (SSSR count). The first-order valence-electron chi connectivity index (χ1n) is 15.1. The summed E-state index contributed by atoms with van der Waals surface area (Å²) in [4.78, 5) is 45.9. The maximum atomic E-state index is 13.7. The molecule has 232 valence electrons. The summed E-state index contributed by atoms with van der Waals surface area (Å²) < 4.78 is 5.39. The molecule has 1 fully saturated rings. The quantitative estimate of drug-likeness (QED) is 0.237. The fraction of sp³-hybridized carbons (Fsp3) is 0.371. The molecule has 3 atom stereocenters. The molecule has 0 aromatic heterocycles. The van der Waals surface area contributed by atoms with Crippen LogP contribution in [0.15, 0.2) is 89.9 Å². The van der Waals surface area contributed by atoms with Gasteiger partial charge in [0.25, 0.3) is 0 Å². The Balaban J connectivity index is 1.67. The number of anilines is 1. The van der Waals surface area contributed by atoms with E-state index in [-0.39, 0.29) is 11.9 Å². The van der Waals surface area contributed by atoms with E-state index >= 15 is 0 Å². The highest BCUT2D eigenvalue weighted by Crippen LogP contribution is 2.25. The van der Waals surface area contributed by atoms with E-state index in [1.54, 1.807) is 33.8 Å². The van der Waals surface area contributed by atoms with E-state index in [1.807, 2.05) is 66.7 Å². The second-order valence-electron chi connectivity index (χ2n) is 11.9. The van der Waals surface area contributed by atoms with Crippen molar-refractivity contribution in [3.63, 3.8) is 0 Å². The van der Waals surface area contributed by atoms with E-state index in [9.17, 15) is 19.5 Å². The van der Waals surface area contributed by atoms with Gasteiger partial charge >= 0.3 is 12.1 Å². The normalized spacial score (nSPS) is 17.0. The number of hydrogen-bond donors (Lipinski definition) is 3. The van der Waals surface area contributed by atoms with Gasteiger partial charge in [-0.15, -0.1) is 0 Å². The Morgan fingerprint density at radius 1 is 0.977 bits per heavy atom. The molecule has 9 nitrogen and oxygen atoms in total. The van der Waals surface area contributed by atoms with E-state index in [0.717, 1.165) is 24.9 Å². The lowest BCUT2D eigenvalue weighted by Gasteiger charge is -2.26. The molecule has 3 N–H and O–H groups in total. The molecule has 1 heterocycles. The van der Waals surface area contributed by atoms with Gasteiger partial charge in [-0.25, -0.2) is 9.59 Å². The zero-order valence-electron chi connectivity index (χ0n) is 25.8. The second kappa shape index (κ2) is 14.8. The lowest BCUT2D eigenvalue weighted by atomic mass is 9.98. The van der Waals surface area contributed by atoms with Crippen molar-refractivity contribution in [2.75, 3.05) is 11.9 Å². The van der Waals surface area contributed by atoms with Crippen LogP contribution in [0.2, 0.25) is 0 Å². The molecule has 44 heavy (non-hydrogen) atoms. The van der Waals surface area contributed by atoms with Crippen molar-refractivity contribution >= 4 is 29.4 Å². The highest BCUT2D eigenvalue weighted by atomic mass is 16.6. The van der Waals surface area contributed by atoms with Crippen molar-refractivity contribution in [1.29, 1.82) is 0 Å². The Morgan fingerprint density at radius 2 is 1.61 bits per heavy atom. The Labute approximate surface area is 259 Å². The van der Waals surface area contributed by atoms with Crippen LogP contribution in [0, 0.1) is 0 Å². The smallest absolute Gasteiger partial charge is 0.407 e. The summed E-state index contributed by atoms with van der Waals surface area (Å²) in [6, 6.07) is 24.2. The summed E-state index contributed by atoms with van der Waals surface area (Å²) >= 11 is 0. The third-order valence-electron chi connectivity index (χ3n) is 7.43. The van der Waals surface area contributed by atoms with E-state index in [0.29, 0.717) is 35.5 Å². The Hall–Kier alpha value is -4.50. The van der Waals surface area contributed by atoms with Gasteiger partial charge in [-0.05, 0) is 58.2 Å². The average Bonchev–Trinajstić information content (AvgIpc) is 3.45. The lowest BCUT2D eigenvalue weighted by Crippen LogP contribution is -2.47. The van der Waals surface area contributed by atoms with Crippen molar-refractivity contribution in [2.24, 2.45) is 4.99 Å². The summed E-state index contributed by atoms with van der Waals surface area (Å²) in [6.45, 7) is 8.52. The Morgan fingerprint density at radius 3 is 2.25 bits per heavy atom. The number of carbonyl (C=O) groups is 3. The predicted octanol–water partition coefficient (Wildman–Crippen LogP) is 5.88. The molecule has 2 amide bonds. The van der Waals surface area contributed by atoms with Crippen LogP contribution >= 0.6 is 0 Å². The number of aliphatic imine (C=N–C) groups is 1. The van der Waals surface area contributed by atoms with Gasteiger partial charge in [0.1, 0.15) is 5.60 Å². The highest BCUT2D eigenvalue weighted by Gasteiger charge is 2.33. The number of para-hydroxylation sites is 1. The standard InChI is InChI=1S/C35H42N4O5/c1-5-27(37-34(43)44-35(2,3)4)31(33(41)42)38-30(25-17-10-7-11-18-25)26-19-12-13-20-28(26)36-32(40)29-21-14-22-39(29)23-24-15-8-6-9-16-24/h6-13,15-20,27,29,31H,5,14,21-23H2,1-4H3,(H,36,40)(H,37,43)(H,41,42)/t27-,29+,31+/m0/s1. The van der Waals surface area contributed by atoms with E-state index in [4.69, 9.17) is 9.73 Å².